The summed E-state index contributed by atoms with van der Waals surface area (Å²) >= 11 is 0. The summed E-state index contributed by atoms with van der Waals surface area (Å²) in [4.78, 5) is 43.4. The molecule has 3 aromatic rings. The third-order valence-electron chi connectivity index (χ3n) is 8.15. The molecule has 1 saturated heterocycles. The highest BCUT2D eigenvalue weighted by Gasteiger charge is 2.61. The number of pyridine rings is 1. The van der Waals surface area contributed by atoms with E-state index >= 15 is 4.39 Å². The molecule has 0 bridgehead atoms. The molecule has 2 aliphatic rings. The van der Waals surface area contributed by atoms with Crippen LogP contribution in [0.2, 0.25) is 0 Å². The number of hydrogen-bond donors (Lipinski definition) is 2. The second-order valence-corrected chi connectivity index (χ2v) is 11.0. The van der Waals surface area contributed by atoms with Gasteiger partial charge in [-0.2, -0.15) is 18.4 Å². The van der Waals surface area contributed by atoms with Crippen molar-refractivity contribution in [2.24, 2.45) is 0 Å². The van der Waals surface area contributed by atoms with Gasteiger partial charge in [-0.1, -0.05) is 30.2 Å². The number of unbranched alkanes of at least 4 members (excludes halogenated alkanes) is 3. The third kappa shape index (κ3) is 6.21. The lowest BCUT2D eigenvalue weighted by molar-refractivity contribution is -0.138. The van der Waals surface area contributed by atoms with Crippen molar-refractivity contribution in [3.05, 3.63) is 59.3 Å². The number of rotatable bonds is 11. The van der Waals surface area contributed by atoms with Crippen LogP contribution < -0.4 is 10.4 Å². The zero-order valence-electron chi connectivity index (χ0n) is 23.8. The van der Waals surface area contributed by atoms with E-state index in [-0.39, 0.29) is 31.4 Å². The average molecular weight is 629 g/mol. The zero-order chi connectivity index (χ0) is 32.4. The molecule has 2 N–H and O–H groups in total. The van der Waals surface area contributed by atoms with Gasteiger partial charge in [0.1, 0.15) is 23.1 Å². The Morgan fingerprint density at radius 1 is 1.13 bits per heavy atom. The molecule has 5 rings (SSSR count). The molecule has 16 heteroatoms. The fourth-order valence-electron chi connectivity index (χ4n) is 5.55. The third-order valence-corrected chi connectivity index (χ3v) is 8.15. The minimum absolute atomic E-state index is 0.101. The number of carbonyl (C=O) groups is 3. The highest BCUT2D eigenvalue weighted by atomic mass is 19.4. The van der Waals surface area contributed by atoms with Crippen LogP contribution in [0.3, 0.4) is 0 Å². The van der Waals surface area contributed by atoms with Crippen LogP contribution in [0, 0.1) is 17.1 Å². The van der Waals surface area contributed by atoms with Crippen LogP contribution in [-0.4, -0.2) is 53.5 Å². The quantitative estimate of drug-likeness (QED) is 0.102. The topological polar surface area (TPSA) is 157 Å². The number of nitrogens with one attached hydrogen (secondary N) is 1. The van der Waals surface area contributed by atoms with Crippen molar-refractivity contribution >= 4 is 23.5 Å². The van der Waals surface area contributed by atoms with Crippen LogP contribution in [0.15, 0.2) is 36.7 Å². The second kappa shape index (κ2) is 12.6. The normalized spacial score (nSPS) is 15.8. The predicted octanol–water partition coefficient (Wildman–Crippen LogP) is 4.72. The maximum absolute atomic E-state index is 15.4. The van der Waals surface area contributed by atoms with Crippen LogP contribution in [0.5, 0.6) is 0 Å². The number of nitrogens with zero attached hydrogens (tertiary/aromatic N) is 7. The molecule has 12 nitrogen and oxygen atoms in total. The van der Waals surface area contributed by atoms with Gasteiger partial charge in [0.15, 0.2) is 5.69 Å². The summed E-state index contributed by atoms with van der Waals surface area (Å²) in [6, 6.07) is 5.33. The monoisotopic (exact) mass is 628 g/mol. The van der Waals surface area contributed by atoms with Crippen molar-refractivity contribution in [3.63, 3.8) is 0 Å². The Labute approximate surface area is 254 Å². The summed E-state index contributed by atoms with van der Waals surface area (Å²) in [5.74, 6) is -1.81. The summed E-state index contributed by atoms with van der Waals surface area (Å²) in [5, 5.41) is 25.7. The molecule has 1 aromatic carbocycles. The number of hydrogen-bond acceptors (Lipinski definition) is 8. The van der Waals surface area contributed by atoms with E-state index in [9.17, 15) is 27.6 Å². The Kier molecular flexibility index (Phi) is 8.82. The molecule has 3 heterocycles. The lowest BCUT2D eigenvalue weighted by atomic mass is 9.75. The molecule has 0 atom stereocenters. The molecule has 1 aliphatic heterocycles. The van der Waals surface area contributed by atoms with Gasteiger partial charge in [0.05, 0.1) is 30.2 Å². The highest BCUT2D eigenvalue weighted by molar-refractivity contribution is 6.23. The molecule has 2 aromatic heterocycles. The zero-order valence-corrected chi connectivity index (χ0v) is 23.8. The second-order valence-electron chi connectivity index (χ2n) is 11.0. The lowest BCUT2D eigenvalue weighted by Gasteiger charge is -2.42. The summed E-state index contributed by atoms with van der Waals surface area (Å²) in [5.41, 5.74) is -1.44. The number of aromatic nitrogens is 4. The molecule has 1 spiro atoms. The number of imide groups is 1. The van der Waals surface area contributed by atoms with E-state index < -0.39 is 52.3 Å². The molecule has 2 fully saturated rings. The van der Waals surface area contributed by atoms with Crippen molar-refractivity contribution in [2.45, 2.75) is 76.2 Å². The van der Waals surface area contributed by atoms with E-state index in [1.807, 2.05) is 0 Å². The average Bonchev–Trinajstić information content (AvgIpc) is 3.55. The van der Waals surface area contributed by atoms with Crippen molar-refractivity contribution in [1.82, 2.24) is 30.4 Å². The Morgan fingerprint density at radius 2 is 1.89 bits per heavy atom. The first-order chi connectivity index (χ1) is 21.5. The number of carbonyl (C=O) groups excluding carboxylic acids is 3. The van der Waals surface area contributed by atoms with Gasteiger partial charge >= 0.3 is 12.2 Å². The number of hydroxylamine groups is 1. The summed E-state index contributed by atoms with van der Waals surface area (Å²) in [6.45, 7) is 0.262. The summed E-state index contributed by atoms with van der Waals surface area (Å²) < 4.78 is 57.7. The maximum Gasteiger partial charge on any atom is 0.419 e. The number of anilines is 1. The van der Waals surface area contributed by atoms with Gasteiger partial charge in [0.2, 0.25) is 5.91 Å². The molecular weight excluding hydrogens is 600 g/mol. The largest absolute Gasteiger partial charge is 0.419 e. The number of urea groups is 1. The molecular formula is C29H28F4N8O4. The van der Waals surface area contributed by atoms with E-state index in [0.29, 0.717) is 41.6 Å². The smallest absolute Gasteiger partial charge is 0.305 e. The first-order valence-corrected chi connectivity index (χ1v) is 14.2. The molecule has 4 amide bonds. The van der Waals surface area contributed by atoms with Gasteiger partial charge < -0.3 is 4.90 Å². The minimum Gasteiger partial charge on any atom is -0.305 e. The number of benzene rings is 1. The first-order valence-electron chi connectivity index (χ1n) is 14.2. The van der Waals surface area contributed by atoms with Crippen molar-refractivity contribution < 1.29 is 37.2 Å². The summed E-state index contributed by atoms with van der Waals surface area (Å²) in [7, 11) is 0. The molecule has 0 unspecified atom stereocenters. The lowest BCUT2D eigenvalue weighted by Crippen LogP contribution is -2.54. The van der Waals surface area contributed by atoms with Gasteiger partial charge in [0, 0.05) is 24.1 Å². The number of amides is 4. The number of aryl methyl sites for hydroxylation is 1. The SMILES string of the molecule is N#Cc1ncc(N2C(=O)N(Cc3ccc(-c4cn(CCCCCCC(=O)NO)nn4)cc3F)C3(CCC3)C2=O)cc1C(F)(F)F. The van der Waals surface area contributed by atoms with Crippen LogP contribution in [0.25, 0.3) is 11.3 Å². The first kappa shape index (κ1) is 31.5. The van der Waals surface area contributed by atoms with Crippen molar-refractivity contribution in [1.29, 1.82) is 5.26 Å². The number of halogens is 4. The Hall–Kier alpha value is -4.91. The van der Waals surface area contributed by atoms with Gasteiger partial charge in [-0.25, -0.2) is 24.5 Å². The van der Waals surface area contributed by atoms with E-state index in [4.69, 9.17) is 10.5 Å². The molecule has 45 heavy (non-hydrogen) atoms. The van der Waals surface area contributed by atoms with Gasteiger partial charge in [-0.3, -0.25) is 19.5 Å². The fraction of sp³-hybridized carbons (Fsp3) is 0.414. The molecule has 1 aliphatic carbocycles. The van der Waals surface area contributed by atoms with Gasteiger partial charge in [-0.15, -0.1) is 5.10 Å². The van der Waals surface area contributed by atoms with Crippen LogP contribution >= 0.6 is 0 Å². The number of alkyl halides is 3. The Morgan fingerprint density at radius 3 is 2.53 bits per heavy atom. The Bertz CT molecular complexity index is 1660. The van der Waals surface area contributed by atoms with E-state index in [2.05, 4.69) is 15.3 Å². The van der Waals surface area contributed by atoms with Crippen molar-refractivity contribution in [3.8, 4) is 17.3 Å². The van der Waals surface area contributed by atoms with Crippen LogP contribution in [-0.2, 0) is 28.9 Å². The van der Waals surface area contributed by atoms with Crippen LogP contribution in [0.4, 0.5) is 28.0 Å². The standard InChI is InChI=1S/C29H28F4N8O4/c30-22-12-18(24-17-39(38-36-24)11-4-2-1-3-6-25(42)37-45)7-8-19(22)16-40-27(44)41(26(43)28(40)9-5-10-28)20-13-21(29(31,32)33)23(14-34)35-15-20/h7-8,12-13,15,17,45H,1-6,9-11,16H2,(H,37,42). The highest BCUT2D eigenvalue weighted by Crippen LogP contribution is 2.47. The van der Waals surface area contributed by atoms with Crippen LogP contribution in [0.1, 0.15) is 68.2 Å². The summed E-state index contributed by atoms with van der Waals surface area (Å²) in [6.07, 6.45) is 2.02. The Balaban J connectivity index is 1.28. The van der Waals surface area contributed by atoms with E-state index in [0.717, 1.165) is 25.5 Å². The molecule has 0 radical (unpaired) electrons. The number of nitriles is 1. The molecule has 1 saturated carbocycles. The fourth-order valence-corrected chi connectivity index (χ4v) is 5.55. The van der Waals surface area contributed by atoms with Gasteiger partial charge in [0.25, 0.3) is 5.91 Å². The predicted molar refractivity (Wildman–Crippen MR) is 147 cm³/mol. The van der Waals surface area contributed by atoms with E-state index in [1.54, 1.807) is 22.4 Å². The van der Waals surface area contributed by atoms with E-state index in [1.165, 1.54) is 23.1 Å². The maximum atomic E-state index is 15.4. The van der Waals surface area contributed by atoms with Crippen molar-refractivity contribution in [2.75, 3.05) is 4.90 Å². The molecule has 236 valence electrons. The minimum atomic E-state index is -4.94. The van der Waals surface area contributed by atoms with Gasteiger partial charge in [-0.05, 0) is 44.2 Å².